The summed E-state index contributed by atoms with van der Waals surface area (Å²) >= 11 is 0. The molecule has 2 rings (SSSR count). The Morgan fingerprint density at radius 2 is 2.08 bits per heavy atom. The van der Waals surface area contributed by atoms with E-state index in [-0.39, 0.29) is 0 Å². The molecule has 1 aliphatic rings. The first-order valence-electron chi connectivity index (χ1n) is 4.81. The van der Waals surface area contributed by atoms with E-state index in [1.807, 2.05) is 12.3 Å². The maximum atomic E-state index is 10.4. The van der Waals surface area contributed by atoms with Crippen LogP contribution in [0.2, 0.25) is 0 Å². The fraction of sp³-hybridized carbons (Fsp3) is 0.455. The Kier molecular flexibility index (Phi) is 2.39. The van der Waals surface area contributed by atoms with Gasteiger partial charge in [-0.15, -0.1) is 0 Å². The van der Waals surface area contributed by atoms with E-state index in [1.54, 1.807) is 6.07 Å². The Hall–Kier alpha value is -1.18. The minimum atomic E-state index is 0.529. The zero-order chi connectivity index (χ0) is 9.10. The zero-order valence-corrected chi connectivity index (χ0v) is 7.57. The summed E-state index contributed by atoms with van der Waals surface area (Å²) in [5.41, 5.74) is 1.82. The third kappa shape index (κ3) is 1.77. The van der Waals surface area contributed by atoms with Crippen LogP contribution in [-0.2, 0) is 0 Å². The molecule has 0 saturated heterocycles. The molecule has 0 spiro atoms. The van der Waals surface area contributed by atoms with Crippen molar-refractivity contribution in [1.29, 1.82) is 0 Å². The number of nitrogens with zero attached hydrogens (tertiary/aromatic N) is 1. The van der Waals surface area contributed by atoms with Crippen LogP contribution in [-0.4, -0.2) is 11.3 Å². The molecule has 2 heteroatoms. The number of pyridine rings is 1. The maximum absolute atomic E-state index is 10.4. The van der Waals surface area contributed by atoms with Gasteiger partial charge in [-0.05, 0) is 30.4 Å². The number of aldehydes is 1. The Morgan fingerprint density at radius 3 is 2.62 bits per heavy atom. The first kappa shape index (κ1) is 8.42. The summed E-state index contributed by atoms with van der Waals surface area (Å²) in [5, 5.41) is 0. The monoisotopic (exact) mass is 175 g/mol. The van der Waals surface area contributed by atoms with E-state index in [0.29, 0.717) is 11.6 Å². The summed E-state index contributed by atoms with van der Waals surface area (Å²) in [6.45, 7) is 0. The van der Waals surface area contributed by atoms with Gasteiger partial charge >= 0.3 is 0 Å². The fourth-order valence-electron chi connectivity index (χ4n) is 1.99. The quantitative estimate of drug-likeness (QED) is 0.646. The molecule has 0 radical (unpaired) electrons. The summed E-state index contributed by atoms with van der Waals surface area (Å²) in [5.74, 6) is 0.688. The lowest BCUT2D eigenvalue weighted by atomic mass is 9.99. The number of hydrogen-bond donors (Lipinski definition) is 0. The summed E-state index contributed by atoms with van der Waals surface area (Å²) in [4.78, 5) is 14.5. The molecule has 1 aromatic rings. The van der Waals surface area contributed by atoms with E-state index in [2.05, 4.69) is 4.98 Å². The van der Waals surface area contributed by atoms with Gasteiger partial charge in [0.1, 0.15) is 5.69 Å². The normalized spacial score (nSPS) is 17.5. The summed E-state index contributed by atoms with van der Waals surface area (Å²) in [6.07, 6.45) is 7.86. The third-order valence-corrected chi connectivity index (χ3v) is 2.76. The predicted octanol–water partition coefficient (Wildman–Crippen LogP) is 2.55. The highest BCUT2D eigenvalue weighted by Crippen LogP contribution is 2.33. The average molecular weight is 175 g/mol. The number of carbonyl (C=O) groups is 1. The minimum absolute atomic E-state index is 0.529. The number of carbonyl (C=O) groups excluding carboxylic acids is 1. The topological polar surface area (TPSA) is 30.0 Å². The Balaban J connectivity index is 2.16. The van der Waals surface area contributed by atoms with Gasteiger partial charge in [0.15, 0.2) is 6.29 Å². The molecule has 0 aliphatic heterocycles. The second-order valence-corrected chi connectivity index (χ2v) is 3.62. The first-order chi connectivity index (χ1) is 6.40. The predicted molar refractivity (Wildman–Crippen MR) is 50.8 cm³/mol. The third-order valence-electron chi connectivity index (χ3n) is 2.76. The first-order valence-corrected chi connectivity index (χ1v) is 4.81. The Bertz CT molecular complexity index is 285. The zero-order valence-electron chi connectivity index (χ0n) is 7.57. The molecular formula is C11H13NO. The van der Waals surface area contributed by atoms with Crippen LogP contribution >= 0.6 is 0 Å². The lowest BCUT2D eigenvalue weighted by Crippen LogP contribution is -1.94. The van der Waals surface area contributed by atoms with E-state index in [1.165, 1.54) is 31.2 Å². The van der Waals surface area contributed by atoms with Crippen LogP contribution in [0.25, 0.3) is 0 Å². The molecule has 13 heavy (non-hydrogen) atoms. The standard InChI is InChI=1S/C11H13NO/c13-8-11-6-5-10(7-12-11)9-3-1-2-4-9/h5-9H,1-4H2. The molecule has 0 unspecified atom stereocenters. The van der Waals surface area contributed by atoms with Crippen LogP contribution < -0.4 is 0 Å². The van der Waals surface area contributed by atoms with Crippen molar-refractivity contribution in [2.75, 3.05) is 0 Å². The van der Waals surface area contributed by atoms with Gasteiger partial charge in [0, 0.05) is 6.20 Å². The van der Waals surface area contributed by atoms with Gasteiger partial charge in [0.05, 0.1) is 0 Å². The summed E-state index contributed by atoms with van der Waals surface area (Å²) in [7, 11) is 0. The lowest BCUT2D eigenvalue weighted by Gasteiger charge is -2.07. The van der Waals surface area contributed by atoms with Crippen LogP contribution in [0.3, 0.4) is 0 Å². The van der Waals surface area contributed by atoms with Gasteiger partial charge in [-0.1, -0.05) is 18.9 Å². The molecule has 1 saturated carbocycles. The second kappa shape index (κ2) is 3.69. The molecule has 1 aromatic heterocycles. The van der Waals surface area contributed by atoms with Crippen LogP contribution in [0.15, 0.2) is 18.3 Å². The molecule has 1 heterocycles. The summed E-state index contributed by atoms with van der Waals surface area (Å²) < 4.78 is 0. The molecule has 0 atom stereocenters. The van der Waals surface area contributed by atoms with Crippen molar-refractivity contribution in [3.05, 3.63) is 29.6 Å². The largest absolute Gasteiger partial charge is 0.296 e. The second-order valence-electron chi connectivity index (χ2n) is 3.62. The van der Waals surface area contributed by atoms with Crippen molar-refractivity contribution in [3.63, 3.8) is 0 Å². The van der Waals surface area contributed by atoms with Crippen molar-refractivity contribution in [2.24, 2.45) is 0 Å². The van der Waals surface area contributed by atoms with Crippen LogP contribution in [0.1, 0.15) is 47.7 Å². The van der Waals surface area contributed by atoms with Crippen molar-refractivity contribution < 1.29 is 4.79 Å². The maximum Gasteiger partial charge on any atom is 0.168 e. The average Bonchev–Trinajstić information content (AvgIpc) is 2.71. The number of rotatable bonds is 2. The van der Waals surface area contributed by atoms with Crippen LogP contribution in [0.5, 0.6) is 0 Å². The van der Waals surface area contributed by atoms with E-state index in [9.17, 15) is 4.79 Å². The van der Waals surface area contributed by atoms with E-state index in [0.717, 1.165) is 6.29 Å². The SMILES string of the molecule is O=Cc1ccc(C2CCCC2)cn1. The van der Waals surface area contributed by atoms with E-state index in [4.69, 9.17) is 0 Å². The van der Waals surface area contributed by atoms with Gasteiger partial charge in [-0.25, -0.2) is 0 Å². The van der Waals surface area contributed by atoms with Crippen molar-refractivity contribution in [1.82, 2.24) is 4.98 Å². The smallest absolute Gasteiger partial charge is 0.168 e. The van der Waals surface area contributed by atoms with Gasteiger partial charge in [0.2, 0.25) is 0 Å². The molecular weight excluding hydrogens is 162 g/mol. The Labute approximate surface area is 78.0 Å². The molecule has 0 N–H and O–H groups in total. The minimum Gasteiger partial charge on any atom is -0.296 e. The highest BCUT2D eigenvalue weighted by atomic mass is 16.1. The molecule has 1 fully saturated rings. The van der Waals surface area contributed by atoms with E-state index >= 15 is 0 Å². The molecule has 0 bridgehead atoms. The molecule has 0 amide bonds. The van der Waals surface area contributed by atoms with Crippen molar-refractivity contribution in [2.45, 2.75) is 31.6 Å². The van der Waals surface area contributed by atoms with Crippen LogP contribution in [0.4, 0.5) is 0 Å². The highest BCUT2D eigenvalue weighted by molar-refractivity contribution is 5.71. The van der Waals surface area contributed by atoms with E-state index < -0.39 is 0 Å². The van der Waals surface area contributed by atoms with Crippen molar-refractivity contribution >= 4 is 6.29 Å². The Morgan fingerprint density at radius 1 is 1.31 bits per heavy atom. The molecule has 1 aliphatic carbocycles. The van der Waals surface area contributed by atoms with Gasteiger partial charge in [-0.3, -0.25) is 9.78 Å². The number of aromatic nitrogens is 1. The molecule has 0 aromatic carbocycles. The van der Waals surface area contributed by atoms with Gasteiger partial charge in [0.25, 0.3) is 0 Å². The van der Waals surface area contributed by atoms with Crippen molar-refractivity contribution in [3.8, 4) is 0 Å². The number of hydrogen-bond acceptors (Lipinski definition) is 2. The lowest BCUT2D eigenvalue weighted by molar-refractivity contribution is 0.111. The fourth-order valence-corrected chi connectivity index (χ4v) is 1.99. The summed E-state index contributed by atoms with van der Waals surface area (Å²) in [6, 6.07) is 3.84. The molecule has 2 nitrogen and oxygen atoms in total. The van der Waals surface area contributed by atoms with Crippen LogP contribution in [0, 0.1) is 0 Å². The molecule has 68 valence electrons. The van der Waals surface area contributed by atoms with Gasteiger partial charge < -0.3 is 0 Å². The highest BCUT2D eigenvalue weighted by Gasteiger charge is 2.16. The van der Waals surface area contributed by atoms with Gasteiger partial charge in [-0.2, -0.15) is 0 Å².